The number of nitrogens with zero attached hydrogens (tertiary/aromatic N) is 2. The second-order valence-corrected chi connectivity index (χ2v) is 4.90. The summed E-state index contributed by atoms with van der Waals surface area (Å²) in [5, 5.41) is 9.24. The third kappa shape index (κ3) is 2.48. The first kappa shape index (κ1) is 14.0. The highest BCUT2D eigenvalue weighted by Gasteiger charge is 2.19. The van der Waals surface area contributed by atoms with Crippen LogP contribution in [0.1, 0.15) is 37.6 Å². The van der Waals surface area contributed by atoms with Gasteiger partial charge < -0.3 is 10.5 Å². The number of rotatable bonds is 4. The van der Waals surface area contributed by atoms with E-state index in [1.54, 1.807) is 6.07 Å². The number of anilines is 1. The zero-order valence-electron chi connectivity index (χ0n) is 12.1. The summed E-state index contributed by atoms with van der Waals surface area (Å²) >= 11 is 0. The average Bonchev–Trinajstić information content (AvgIpc) is 2.77. The van der Waals surface area contributed by atoms with Crippen LogP contribution in [0.5, 0.6) is 11.6 Å². The fourth-order valence-electron chi connectivity index (χ4n) is 2.12. The standard InChI is InChI=1S/C16H19N3O/c1-4-12(3)19-13(10-17)9-14(18)16(19)20-15-8-6-5-7-11(15)2/h5-9,12H,4,18H2,1-3H3/t12-/m0/s1. The van der Waals surface area contributed by atoms with Gasteiger partial charge in [0.15, 0.2) is 0 Å². The molecule has 0 bridgehead atoms. The molecule has 1 aromatic heterocycles. The lowest BCUT2D eigenvalue weighted by molar-refractivity contribution is 0.396. The number of aryl methyl sites for hydroxylation is 1. The molecule has 1 aromatic carbocycles. The normalized spacial score (nSPS) is 11.9. The van der Waals surface area contributed by atoms with Gasteiger partial charge in [-0.1, -0.05) is 25.1 Å². The fourth-order valence-corrected chi connectivity index (χ4v) is 2.12. The lowest BCUT2D eigenvalue weighted by atomic mass is 10.2. The molecule has 0 saturated heterocycles. The van der Waals surface area contributed by atoms with Crippen LogP contribution in [-0.4, -0.2) is 4.57 Å². The Balaban J connectivity index is 2.49. The molecule has 2 rings (SSSR count). The van der Waals surface area contributed by atoms with Crippen molar-refractivity contribution < 1.29 is 4.74 Å². The van der Waals surface area contributed by atoms with Crippen molar-refractivity contribution in [2.45, 2.75) is 33.2 Å². The van der Waals surface area contributed by atoms with Crippen LogP contribution < -0.4 is 10.5 Å². The Hall–Kier alpha value is -2.41. The summed E-state index contributed by atoms with van der Waals surface area (Å²) in [5.74, 6) is 1.30. The second-order valence-electron chi connectivity index (χ2n) is 4.90. The fraction of sp³-hybridized carbons (Fsp3) is 0.312. The van der Waals surface area contributed by atoms with Crippen LogP contribution in [0.2, 0.25) is 0 Å². The summed E-state index contributed by atoms with van der Waals surface area (Å²) < 4.78 is 7.83. The third-order valence-corrected chi connectivity index (χ3v) is 3.46. The van der Waals surface area contributed by atoms with Crippen molar-refractivity contribution in [2.75, 3.05) is 5.73 Å². The molecule has 1 heterocycles. The summed E-state index contributed by atoms with van der Waals surface area (Å²) in [6.45, 7) is 6.10. The summed E-state index contributed by atoms with van der Waals surface area (Å²) in [6, 6.07) is 11.7. The van der Waals surface area contributed by atoms with Crippen molar-refractivity contribution in [3.63, 3.8) is 0 Å². The smallest absolute Gasteiger partial charge is 0.224 e. The van der Waals surface area contributed by atoms with E-state index in [1.165, 1.54) is 0 Å². The van der Waals surface area contributed by atoms with E-state index in [4.69, 9.17) is 10.5 Å². The van der Waals surface area contributed by atoms with E-state index in [1.807, 2.05) is 42.7 Å². The Bertz CT molecular complexity index is 652. The molecule has 0 spiro atoms. The number of nitrogens with two attached hydrogens (primary N) is 1. The highest BCUT2D eigenvalue weighted by molar-refractivity contribution is 5.57. The molecule has 4 nitrogen and oxygen atoms in total. The topological polar surface area (TPSA) is 64.0 Å². The first-order valence-corrected chi connectivity index (χ1v) is 6.72. The maximum absolute atomic E-state index is 9.24. The number of para-hydroxylation sites is 1. The minimum atomic E-state index is 0.154. The summed E-state index contributed by atoms with van der Waals surface area (Å²) in [6.07, 6.45) is 0.896. The van der Waals surface area contributed by atoms with Gasteiger partial charge in [0.1, 0.15) is 17.5 Å². The maximum Gasteiger partial charge on any atom is 0.224 e. The predicted octanol–water partition coefficient (Wildman–Crippen LogP) is 4.01. The van der Waals surface area contributed by atoms with Gasteiger partial charge in [-0.25, -0.2) is 0 Å². The molecule has 2 aromatic rings. The third-order valence-electron chi connectivity index (χ3n) is 3.46. The quantitative estimate of drug-likeness (QED) is 0.911. The van der Waals surface area contributed by atoms with Gasteiger partial charge in [0, 0.05) is 12.1 Å². The van der Waals surface area contributed by atoms with Gasteiger partial charge in [0.25, 0.3) is 0 Å². The minimum Gasteiger partial charge on any atom is -0.438 e. The van der Waals surface area contributed by atoms with E-state index in [0.717, 1.165) is 17.7 Å². The van der Waals surface area contributed by atoms with Gasteiger partial charge in [-0.2, -0.15) is 5.26 Å². The number of hydrogen-bond donors (Lipinski definition) is 1. The van der Waals surface area contributed by atoms with Crippen LogP contribution in [0, 0.1) is 18.3 Å². The van der Waals surface area contributed by atoms with Crippen LogP contribution in [0.4, 0.5) is 5.69 Å². The average molecular weight is 269 g/mol. The molecule has 0 fully saturated rings. The number of hydrogen-bond acceptors (Lipinski definition) is 3. The van der Waals surface area contributed by atoms with Crippen molar-refractivity contribution in [3.8, 4) is 17.7 Å². The summed E-state index contributed by atoms with van der Waals surface area (Å²) in [7, 11) is 0. The molecule has 0 amide bonds. The van der Waals surface area contributed by atoms with Crippen molar-refractivity contribution in [1.82, 2.24) is 4.57 Å². The van der Waals surface area contributed by atoms with Gasteiger partial charge in [-0.05, 0) is 31.9 Å². The zero-order chi connectivity index (χ0) is 14.7. The SMILES string of the molecule is CC[C@H](C)n1c(C#N)cc(N)c1Oc1ccccc1C. The molecule has 0 radical (unpaired) electrons. The predicted molar refractivity (Wildman–Crippen MR) is 79.8 cm³/mol. The van der Waals surface area contributed by atoms with E-state index >= 15 is 0 Å². The monoisotopic (exact) mass is 269 g/mol. The van der Waals surface area contributed by atoms with Gasteiger partial charge in [0.05, 0.1) is 5.69 Å². The molecule has 1 atom stereocenters. The molecule has 20 heavy (non-hydrogen) atoms. The number of nitrogen functional groups attached to an aromatic ring is 1. The molecule has 0 aliphatic rings. The minimum absolute atomic E-state index is 0.154. The Morgan fingerprint density at radius 3 is 2.70 bits per heavy atom. The number of aromatic nitrogens is 1. The van der Waals surface area contributed by atoms with E-state index in [2.05, 4.69) is 13.0 Å². The van der Waals surface area contributed by atoms with E-state index in [0.29, 0.717) is 17.3 Å². The zero-order valence-corrected chi connectivity index (χ0v) is 12.1. The van der Waals surface area contributed by atoms with Crippen molar-refractivity contribution in [2.24, 2.45) is 0 Å². The molecule has 104 valence electrons. The van der Waals surface area contributed by atoms with Gasteiger partial charge in [-0.15, -0.1) is 0 Å². The first-order chi connectivity index (χ1) is 9.58. The van der Waals surface area contributed by atoms with Crippen molar-refractivity contribution in [3.05, 3.63) is 41.6 Å². The highest BCUT2D eigenvalue weighted by Crippen LogP contribution is 2.35. The second kappa shape index (κ2) is 5.70. The van der Waals surface area contributed by atoms with Crippen LogP contribution in [0.3, 0.4) is 0 Å². The largest absolute Gasteiger partial charge is 0.438 e. The molecule has 0 saturated carbocycles. The van der Waals surface area contributed by atoms with Gasteiger partial charge in [-0.3, -0.25) is 4.57 Å². The number of nitriles is 1. The van der Waals surface area contributed by atoms with Crippen LogP contribution in [0.15, 0.2) is 30.3 Å². The maximum atomic E-state index is 9.24. The Morgan fingerprint density at radius 1 is 1.40 bits per heavy atom. The molecule has 0 aliphatic carbocycles. The number of ether oxygens (including phenoxy) is 1. The van der Waals surface area contributed by atoms with E-state index in [9.17, 15) is 5.26 Å². The molecule has 2 N–H and O–H groups in total. The molecular formula is C16H19N3O. The lowest BCUT2D eigenvalue weighted by Gasteiger charge is -2.18. The first-order valence-electron chi connectivity index (χ1n) is 6.72. The highest BCUT2D eigenvalue weighted by atomic mass is 16.5. The van der Waals surface area contributed by atoms with Gasteiger partial charge >= 0.3 is 0 Å². The molecule has 0 aliphatic heterocycles. The molecular weight excluding hydrogens is 250 g/mol. The Morgan fingerprint density at radius 2 is 2.10 bits per heavy atom. The van der Waals surface area contributed by atoms with Crippen molar-refractivity contribution in [1.29, 1.82) is 5.26 Å². The number of benzene rings is 1. The molecule has 4 heteroatoms. The van der Waals surface area contributed by atoms with Crippen LogP contribution >= 0.6 is 0 Å². The Labute approximate surface area is 119 Å². The summed E-state index contributed by atoms with van der Waals surface area (Å²) in [4.78, 5) is 0. The molecule has 0 unspecified atom stereocenters. The van der Waals surface area contributed by atoms with Crippen LogP contribution in [0.25, 0.3) is 0 Å². The summed E-state index contributed by atoms with van der Waals surface area (Å²) in [5.41, 5.74) is 8.06. The van der Waals surface area contributed by atoms with Crippen LogP contribution in [-0.2, 0) is 0 Å². The van der Waals surface area contributed by atoms with E-state index < -0.39 is 0 Å². The Kier molecular flexibility index (Phi) is 3.99. The van der Waals surface area contributed by atoms with E-state index in [-0.39, 0.29) is 6.04 Å². The van der Waals surface area contributed by atoms with Gasteiger partial charge in [0.2, 0.25) is 5.88 Å². The van der Waals surface area contributed by atoms with Crippen molar-refractivity contribution >= 4 is 5.69 Å². The lowest BCUT2D eigenvalue weighted by Crippen LogP contribution is -2.08.